The Morgan fingerprint density at radius 1 is 1.31 bits per heavy atom. The van der Waals surface area contributed by atoms with E-state index in [1.165, 1.54) is 28.6 Å². The minimum Gasteiger partial charge on any atom is -0.497 e. The minimum atomic E-state index is -0.108. The summed E-state index contributed by atoms with van der Waals surface area (Å²) in [4.78, 5) is 24.0. The first kappa shape index (κ1) is 20.0. The van der Waals surface area contributed by atoms with Crippen LogP contribution in [0.15, 0.2) is 29.6 Å². The third-order valence-electron chi connectivity index (χ3n) is 5.08. The normalized spacial score (nSPS) is 15.8. The molecule has 2 aromatic heterocycles. The molecule has 1 atom stereocenters. The van der Waals surface area contributed by atoms with Crippen LogP contribution in [0.5, 0.6) is 11.5 Å². The lowest BCUT2D eigenvalue weighted by molar-refractivity contribution is -0.113. The number of thioether (sulfide) groups is 1. The summed E-state index contributed by atoms with van der Waals surface area (Å²) in [6.45, 7) is 2.30. The smallest absolute Gasteiger partial charge is 0.234 e. The summed E-state index contributed by atoms with van der Waals surface area (Å²) in [7, 11) is 3.16. The Morgan fingerprint density at radius 2 is 2.17 bits per heavy atom. The van der Waals surface area contributed by atoms with E-state index < -0.39 is 0 Å². The van der Waals surface area contributed by atoms with Crippen LogP contribution in [0.4, 0.5) is 5.69 Å². The topological polar surface area (TPSA) is 73.3 Å². The van der Waals surface area contributed by atoms with Crippen LogP contribution in [0.3, 0.4) is 0 Å². The van der Waals surface area contributed by atoms with Gasteiger partial charge in [0.1, 0.15) is 27.7 Å². The van der Waals surface area contributed by atoms with E-state index in [2.05, 4.69) is 22.2 Å². The second-order valence-corrected chi connectivity index (χ2v) is 9.16. The third kappa shape index (κ3) is 4.18. The lowest BCUT2D eigenvalue weighted by Crippen LogP contribution is -2.15. The van der Waals surface area contributed by atoms with E-state index in [0.29, 0.717) is 23.1 Å². The van der Waals surface area contributed by atoms with E-state index in [1.54, 1.807) is 50.1 Å². The quantitative estimate of drug-likeness (QED) is 0.457. The summed E-state index contributed by atoms with van der Waals surface area (Å²) < 4.78 is 10.5. The van der Waals surface area contributed by atoms with E-state index in [-0.39, 0.29) is 11.7 Å². The molecule has 0 fully saturated rings. The van der Waals surface area contributed by atoms with Crippen molar-refractivity contribution in [2.75, 3.05) is 25.3 Å². The average molecular weight is 430 g/mol. The first-order valence-electron chi connectivity index (χ1n) is 9.49. The van der Waals surface area contributed by atoms with Gasteiger partial charge in [-0.1, -0.05) is 18.7 Å². The van der Waals surface area contributed by atoms with Crippen LogP contribution >= 0.6 is 23.1 Å². The number of rotatable bonds is 6. The van der Waals surface area contributed by atoms with E-state index in [1.807, 2.05) is 0 Å². The molecule has 0 aliphatic heterocycles. The Labute approximate surface area is 178 Å². The molecule has 0 saturated heterocycles. The molecule has 1 aromatic carbocycles. The molecule has 0 bridgehead atoms. The summed E-state index contributed by atoms with van der Waals surface area (Å²) in [5.74, 6) is 2.11. The van der Waals surface area contributed by atoms with Gasteiger partial charge < -0.3 is 14.8 Å². The standard InChI is InChI=1S/C21H23N3O3S2/c1-12-4-6-14-17(8-12)29-21-19(14)20(22-11-23-21)28-10-18(25)24-15-7-5-13(26-2)9-16(15)27-3/h5,7,9,11-12H,4,6,8,10H2,1-3H3,(H,24,25)/t12-/m0/s1. The maximum atomic E-state index is 12.6. The largest absolute Gasteiger partial charge is 0.497 e. The van der Waals surface area contributed by atoms with Gasteiger partial charge in [0.25, 0.3) is 0 Å². The number of hydrogen-bond acceptors (Lipinski definition) is 7. The predicted octanol–water partition coefficient (Wildman–Crippen LogP) is 4.56. The monoisotopic (exact) mass is 429 g/mol. The third-order valence-corrected chi connectivity index (χ3v) is 7.23. The molecule has 0 radical (unpaired) electrons. The molecule has 3 aromatic rings. The molecule has 1 aliphatic carbocycles. The zero-order valence-electron chi connectivity index (χ0n) is 16.7. The lowest BCUT2D eigenvalue weighted by atomic mass is 9.89. The Kier molecular flexibility index (Phi) is 5.91. The number of nitrogens with one attached hydrogen (secondary N) is 1. The number of hydrogen-bond donors (Lipinski definition) is 1. The van der Waals surface area contributed by atoms with Crippen LogP contribution in [0.25, 0.3) is 10.2 Å². The fourth-order valence-electron chi connectivity index (χ4n) is 3.58. The summed E-state index contributed by atoms with van der Waals surface area (Å²) in [6.07, 6.45) is 4.96. The van der Waals surface area contributed by atoms with Crippen molar-refractivity contribution in [3.8, 4) is 11.5 Å². The number of nitrogens with zero attached hydrogens (tertiary/aromatic N) is 2. The molecular formula is C21H23N3O3S2. The molecule has 0 spiro atoms. The van der Waals surface area contributed by atoms with Crippen molar-refractivity contribution in [3.05, 3.63) is 35.0 Å². The Bertz CT molecular complexity index is 1050. The molecule has 29 heavy (non-hydrogen) atoms. The van der Waals surface area contributed by atoms with E-state index >= 15 is 0 Å². The Hall–Kier alpha value is -2.32. The molecule has 0 saturated carbocycles. The van der Waals surface area contributed by atoms with Crippen molar-refractivity contribution in [2.24, 2.45) is 5.92 Å². The summed E-state index contributed by atoms with van der Waals surface area (Å²) >= 11 is 3.22. The van der Waals surface area contributed by atoms with Crippen molar-refractivity contribution in [1.29, 1.82) is 0 Å². The lowest BCUT2D eigenvalue weighted by Gasteiger charge is -2.18. The zero-order valence-corrected chi connectivity index (χ0v) is 18.3. The second kappa shape index (κ2) is 8.59. The first-order valence-corrected chi connectivity index (χ1v) is 11.3. The summed E-state index contributed by atoms with van der Waals surface area (Å²) in [6, 6.07) is 5.31. The molecule has 4 rings (SSSR count). The SMILES string of the molecule is COc1ccc(NC(=O)CSc2ncnc3sc4c(c23)CC[C@H](C)C4)c(OC)c1. The van der Waals surface area contributed by atoms with Gasteiger partial charge in [-0.15, -0.1) is 11.3 Å². The van der Waals surface area contributed by atoms with E-state index in [0.717, 1.165) is 28.1 Å². The number of carbonyl (C=O) groups is 1. The minimum absolute atomic E-state index is 0.108. The molecule has 152 valence electrons. The maximum Gasteiger partial charge on any atom is 0.234 e. The average Bonchev–Trinajstić information content (AvgIpc) is 3.10. The van der Waals surface area contributed by atoms with Gasteiger partial charge in [0.05, 0.1) is 25.7 Å². The highest BCUT2D eigenvalue weighted by Gasteiger charge is 2.23. The molecular weight excluding hydrogens is 406 g/mol. The fourth-order valence-corrected chi connectivity index (χ4v) is 5.82. The van der Waals surface area contributed by atoms with Crippen LogP contribution < -0.4 is 14.8 Å². The molecule has 2 heterocycles. The Morgan fingerprint density at radius 3 is 2.97 bits per heavy atom. The number of amides is 1. The fraction of sp³-hybridized carbons (Fsp3) is 0.381. The number of methoxy groups -OCH3 is 2. The number of aromatic nitrogens is 2. The Balaban J connectivity index is 1.49. The van der Waals surface area contributed by atoms with Crippen molar-refractivity contribution in [3.63, 3.8) is 0 Å². The highest BCUT2D eigenvalue weighted by Crippen LogP contribution is 2.40. The number of anilines is 1. The van der Waals surface area contributed by atoms with Crippen LogP contribution in [-0.4, -0.2) is 35.8 Å². The van der Waals surface area contributed by atoms with Gasteiger partial charge in [0, 0.05) is 16.3 Å². The number of ether oxygens (including phenoxy) is 2. The first-order chi connectivity index (χ1) is 14.1. The summed E-state index contributed by atoms with van der Waals surface area (Å²) in [5.41, 5.74) is 2.00. The highest BCUT2D eigenvalue weighted by atomic mass is 32.2. The van der Waals surface area contributed by atoms with Gasteiger partial charge in [-0.3, -0.25) is 4.79 Å². The molecule has 1 amide bonds. The van der Waals surface area contributed by atoms with Crippen LogP contribution in [0.2, 0.25) is 0 Å². The molecule has 1 aliphatic rings. The van der Waals surface area contributed by atoms with Crippen molar-refractivity contribution >= 4 is 44.9 Å². The zero-order chi connectivity index (χ0) is 20.4. The van der Waals surface area contributed by atoms with Crippen LogP contribution in [0.1, 0.15) is 23.8 Å². The van der Waals surface area contributed by atoms with Gasteiger partial charge in [-0.25, -0.2) is 9.97 Å². The van der Waals surface area contributed by atoms with Crippen LogP contribution in [-0.2, 0) is 17.6 Å². The second-order valence-electron chi connectivity index (χ2n) is 7.11. The summed E-state index contributed by atoms with van der Waals surface area (Å²) in [5, 5.41) is 4.94. The van der Waals surface area contributed by atoms with Gasteiger partial charge in [0.2, 0.25) is 5.91 Å². The van der Waals surface area contributed by atoms with Crippen LogP contribution in [0, 0.1) is 5.92 Å². The van der Waals surface area contributed by atoms with Gasteiger partial charge >= 0.3 is 0 Å². The van der Waals surface area contributed by atoms with E-state index in [4.69, 9.17) is 9.47 Å². The van der Waals surface area contributed by atoms with E-state index in [9.17, 15) is 4.79 Å². The molecule has 8 heteroatoms. The molecule has 6 nitrogen and oxygen atoms in total. The number of carbonyl (C=O) groups excluding carboxylic acids is 1. The number of thiophene rings is 1. The predicted molar refractivity (Wildman–Crippen MR) is 118 cm³/mol. The maximum absolute atomic E-state index is 12.6. The molecule has 1 N–H and O–H groups in total. The van der Waals surface area contributed by atoms with Gasteiger partial charge in [0.15, 0.2) is 0 Å². The van der Waals surface area contributed by atoms with Gasteiger partial charge in [-0.05, 0) is 42.9 Å². The molecule has 0 unspecified atom stereocenters. The van der Waals surface area contributed by atoms with Gasteiger partial charge in [-0.2, -0.15) is 0 Å². The number of aryl methyl sites for hydroxylation is 1. The number of benzene rings is 1. The van der Waals surface area contributed by atoms with Crippen molar-refractivity contribution < 1.29 is 14.3 Å². The van der Waals surface area contributed by atoms with Crippen molar-refractivity contribution in [1.82, 2.24) is 9.97 Å². The van der Waals surface area contributed by atoms with Crippen molar-refractivity contribution in [2.45, 2.75) is 31.2 Å². The number of fused-ring (bicyclic) bond motifs is 3. The highest BCUT2D eigenvalue weighted by molar-refractivity contribution is 8.00.